The van der Waals surface area contributed by atoms with E-state index in [1.165, 1.54) is 24.3 Å². The van der Waals surface area contributed by atoms with Crippen molar-refractivity contribution in [3.63, 3.8) is 0 Å². The van der Waals surface area contributed by atoms with Gasteiger partial charge in [-0.1, -0.05) is 6.07 Å². The molecule has 0 radical (unpaired) electrons. The van der Waals surface area contributed by atoms with Crippen molar-refractivity contribution in [2.75, 3.05) is 0 Å². The minimum Gasteiger partial charge on any atom is -0.477 e. The Morgan fingerprint density at radius 3 is 2.52 bits per heavy atom. The highest BCUT2D eigenvalue weighted by Crippen LogP contribution is 2.33. The van der Waals surface area contributed by atoms with Crippen LogP contribution in [0.15, 0.2) is 48.7 Å². The summed E-state index contributed by atoms with van der Waals surface area (Å²) in [5.41, 5.74) is 1.50. The molecule has 3 rings (SSSR count). The van der Waals surface area contributed by atoms with E-state index in [9.17, 15) is 14.3 Å². The number of pyridine rings is 1. The van der Waals surface area contributed by atoms with Crippen LogP contribution in [0.5, 0.6) is 0 Å². The number of aromatic nitrogens is 2. The molecule has 3 aromatic rings. The molecule has 0 fully saturated rings. The molecule has 0 saturated carbocycles. The molecule has 0 unspecified atom stereocenters. The molecule has 0 spiro atoms. The van der Waals surface area contributed by atoms with Gasteiger partial charge in [-0.15, -0.1) is 11.3 Å². The van der Waals surface area contributed by atoms with Crippen molar-refractivity contribution in [2.24, 2.45) is 0 Å². The van der Waals surface area contributed by atoms with E-state index in [4.69, 9.17) is 0 Å². The lowest BCUT2D eigenvalue weighted by Gasteiger charge is -1.98. The number of hydrogen-bond donors (Lipinski definition) is 1. The smallest absolute Gasteiger partial charge is 0.348 e. The first-order valence-corrected chi connectivity index (χ1v) is 6.88. The predicted molar refractivity (Wildman–Crippen MR) is 77.7 cm³/mol. The summed E-state index contributed by atoms with van der Waals surface area (Å²) in [6.07, 6.45) is 1.62. The van der Waals surface area contributed by atoms with Crippen molar-refractivity contribution in [2.45, 2.75) is 0 Å². The van der Waals surface area contributed by atoms with Gasteiger partial charge < -0.3 is 5.11 Å². The maximum absolute atomic E-state index is 13.0. The van der Waals surface area contributed by atoms with Gasteiger partial charge >= 0.3 is 5.97 Å². The molecular formula is C15H9FN2O2S. The Hall–Kier alpha value is -2.60. The third kappa shape index (κ3) is 2.66. The monoisotopic (exact) mass is 300 g/mol. The highest BCUT2D eigenvalue weighted by molar-refractivity contribution is 7.17. The van der Waals surface area contributed by atoms with Gasteiger partial charge in [0.05, 0.1) is 11.4 Å². The molecular weight excluding hydrogens is 291 g/mol. The molecule has 0 bridgehead atoms. The fourth-order valence-corrected chi connectivity index (χ4v) is 2.77. The van der Waals surface area contributed by atoms with Crippen LogP contribution in [0.2, 0.25) is 0 Å². The van der Waals surface area contributed by atoms with Gasteiger partial charge in [-0.05, 0) is 36.4 Å². The van der Waals surface area contributed by atoms with Crippen molar-refractivity contribution in [1.29, 1.82) is 0 Å². The number of halogens is 1. The molecule has 1 N–H and O–H groups in total. The van der Waals surface area contributed by atoms with Crippen LogP contribution >= 0.6 is 11.3 Å². The van der Waals surface area contributed by atoms with Crippen LogP contribution in [0.4, 0.5) is 4.39 Å². The van der Waals surface area contributed by atoms with Crippen LogP contribution < -0.4 is 0 Å². The van der Waals surface area contributed by atoms with E-state index in [-0.39, 0.29) is 10.7 Å². The normalized spacial score (nSPS) is 10.5. The molecule has 104 valence electrons. The Morgan fingerprint density at radius 2 is 1.90 bits per heavy atom. The van der Waals surface area contributed by atoms with Gasteiger partial charge in [0, 0.05) is 11.8 Å². The first-order chi connectivity index (χ1) is 10.1. The molecule has 0 aliphatic carbocycles. The maximum atomic E-state index is 13.0. The van der Waals surface area contributed by atoms with Crippen LogP contribution in [0, 0.1) is 5.82 Å². The zero-order chi connectivity index (χ0) is 14.8. The van der Waals surface area contributed by atoms with Crippen molar-refractivity contribution in [3.05, 3.63) is 59.4 Å². The van der Waals surface area contributed by atoms with Crippen LogP contribution in [0.25, 0.3) is 22.0 Å². The summed E-state index contributed by atoms with van der Waals surface area (Å²) in [5, 5.41) is 9.84. The van der Waals surface area contributed by atoms with Crippen LogP contribution in [-0.4, -0.2) is 21.0 Å². The average Bonchev–Trinajstić information content (AvgIpc) is 2.94. The molecule has 0 saturated heterocycles. The topological polar surface area (TPSA) is 63.1 Å². The highest BCUT2D eigenvalue weighted by Gasteiger charge is 2.20. The molecule has 0 atom stereocenters. The van der Waals surface area contributed by atoms with Gasteiger partial charge in [0.2, 0.25) is 0 Å². The Bertz CT molecular complexity index is 785. The predicted octanol–water partition coefficient (Wildman–Crippen LogP) is 3.71. The molecule has 4 nitrogen and oxygen atoms in total. The molecule has 21 heavy (non-hydrogen) atoms. The molecule has 2 aromatic heterocycles. The minimum atomic E-state index is -1.06. The molecule has 0 aliphatic rings. The first-order valence-electron chi connectivity index (χ1n) is 6.06. The number of rotatable bonds is 3. The molecule has 6 heteroatoms. The standard InChI is InChI=1S/C15H9FN2O2S/c16-10-6-4-9(5-7-10)12-13(15(19)20)21-14(18-12)11-3-1-2-8-17-11/h1-8H,(H,19,20). The van der Waals surface area contributed by atoms with E-state index in [2.05, 4.69) is 9.97 Å². The van der Waals surface area contributed by atoms with E-state index in [0.29, 0.717) is 22.0 Å². The summed E-state index contributed by atoms with van der Waals surface area (Å²) in [6.45, 7) is 0. The zero-order valence-electron chi connectivity index (χ0n) is 10.7. The summed E-state index contributed by atoms with van der Waals surface area (Å²) >= 11 is 1.05. The first kappa shape index (κ1) is 13.4. The number of hydrogen-bond acceptors (Lipinski definition) is 4. The quantitative estimate of drug-likeness (QED) is 0.801. The SMILES string of the molecule is O=C(O)c1sc(-c2ccccn2)nc1-c1ccc(F)cc1. The van der Waals surface area contributed by atoms with Crippen molar-refractivity contribution >= 4 is 17.3 Å². The largest absolute Gasteiger partial charge is 0.477 e. The Kier molecular flexibility index (Phi) is 3.45. The fraction of sp³-hybridized carbons (Fsp3) is 0. The number of benzene rings is 1. The zero-order valence-corrected chi connectivity index (χ0v) is 11.5. The van der Waals surface area contributed by atoms with Crippen LogP contribution in [0.1, 0.15) is 9.67 Å². The number of thiazole rings is 1. The second-order valence-electron chi connectivity index (χ2n) is 4.22. The third-order valence-corrected chi connectivity index (χ3v) is 3.89. The summed E-state index contributed by atoms with van der Waals surface area (Å²) in [4.78, 5) is 20.0. The van der Waals surface area contributed by atoms with Crippen molar-refractivity contribution < 1.29 is 14.3 Å². The molecule has 0 amide bonds. The maximum Gasteiger partial charge on any atom is 0.348 e. The average molecular weight is 300 g/mol. The van der Waals surface area contributed by atoms with E-state index < -0.39 is 5.97 Å². The Balaban J connectivity index is 2.14. The van der Waals surface area contributed by atoms with E-state index in [1.807, 2.05) is 6.07 Å². The highest BCUT2D eigenvalue weighted by atomic mass is 32.1. The number of carboxylic acids is 1. The summed E-state index contributed by atoms with van der Waals surface area (Å²) in [7, 11) is 0. The second kappa shape index (κ2) is 5.41. The third-order valence-electron chi connectivity index (χ3n) is 2.82. The number of carboxylic acid groups (broad SMARTS) is 1. The number of aromatic carboxylic acids is 1. The van der Waals surface area contributed by atoms with Crippen molar-refractivity contribution in [3.8, 4) is 22.0 Å². The van der Waals surface area contributed by atoms with Gasteiger partial charge in [-0.25, -0.2) is 14.2 Å². The number of nitrogens with zero attached hydrogens (tertiary/aromatic N) is 2. The van der Waals surface area contributed by atoms with E-state index >= 15 is 0 Å². The lowest BCUT2D eigenvalue weighted by Crippen LogP contribution is -1.95. The van der Waals surface area contributed by atoms with Gasteiger partial charge in [-0.2, -0.15) is 0 Å². The lowest BCUT2D eigenvalue weighted by atomic mass is 10.1. The summed E-state index contributed by atoms with van der Waals surface area (Å²) < 4.78 is 13.0. The molecule has 0 aliphatic heterocycles. The van der Waals surface area contributed by atoms with Gasteiger partial charge in [0.15, 0.2) is 0 Å². The fourth-order valence-electron chi connectivity index (χ4n) is 1.87. The van der Waals surface area contributed by atoms with Gasteiger partial charge in [-0.3, -0.25) is 4.98 Å². The van der Waals surface area contributed by atoms with E-state index in [1.54, 1.807) is 18.3 Å². The van der Waals surface area contributed by atoms with E-state index in [0.717, 1.165) is 11.3 Å². The second-order valence-corrected chi connectivity index (χ2v) is 5.22. The van der Waals surface area contributed by atoms with Gasteiger partial charge in [0.1, 0.15) is 15.7 Å². The Morgan fingerprint density at radius 1 is 1.14 bits per heavy atom. The summed E-state index contributed by atoms with van der Waals surface area (Å²) in [6, 6.07) is 10.9. The lowest BCUT2D eigenvalue weighted by molar-refractivity contribution is 0.0702. The Labute approximate surface area is 123 Å². The molecule has 2 heterocycles. The van der Waals surface area contributed by atoms with Crippen LogP contribution in [-0.2, 0) is 0 Å². The van der Waals surface area contributed by atoms with Crippen molar-refractivity contribution in [1.82, 2.24) is 9.97 Å². The van der Waals surface area contributed by atoms with Crippen LogP contribution in [0.3, 0.4) is 0 Å². The summed E-state index contributed by atoms with van der Waals surface area (Å²) in [5.74, 6) is -1.44. The molecule has 1 aromatic carbocycles. The number of carbonyl (C=O) groups is 1. The van der Waals surface area contributed by atoms with Gasteiger partial charge in [0.25, 0.3) is 0 Å². The minimum absolute atomic E-state index is 0.113.